The van der Waals surface area contributed by atoms with Crippen LogP contribution in [0.25, 0.3) is 0 Å². The van der Waals surface area contributed by atoms with Gasteiger partial charge in [-0.3, -0.25) is 9.00 Å². The predicted octanol–water partition coefficient (Wildman–Crippen LogP) is 5.27. The Labute approximate surface area is 169 Å². The molecule has 1 N–H and O–H groups in total. The van der Waals surface area contributed by atoms with Crippen molar-refractivity contribution in [2.45, 2.75) is 48.9 Å². The molecule has 0 amide bonds. The molecule has 0 saturated heterocycles. The van der Waals surface area contributed by atoms with Gasteiger partial charge >= 0.3 is 5.97 Å². The molecule has 0 aliphatic rings. The molecule has 5 heteroatoms. The number of hydrogen-bond acceptors (Lipinski definition) is 3. The Hall–Kier alpha value is -1.59. The summed E-state index contributed by atoms with van der Waals surface area (Å²) in [6, 6.07) is 20.3. The summed E-state index contributed by atoms with van der Waals surface area (Å²) < 4.78 is 12.9. The second-order valence-electron chi connectivity index (χ2n) is 6.60. The third-order valence-electron chi connectivity index (χ3n) is 4.39. The third-order valence-corrected chi connectivity index (χ3v) is 7.28. The number of carbonyl (C=O) groups is 1. The van der Waals surface area contributed by atoms with Gasteiger partial charge in [0.1, 0.15) is 0 Å². The Balaban J connectivity index is 1.82. The van der Waals surface area contributed by atoms with Gasteiger partial charge in [-0.05, 0) is 36.1 Å². The highest BCUT2D eigenvalue weighted by Crippen LogP contribution is 2.20. The third kappa shape index (κ3) is 9.25. The van der Waals surface area contributed by atoms with E-state index in [0.717, 1.165) is 36.3 Å². The van der Waals surface area contributed by atoms with Gasteiger partial charge in [-0.1, -0.05) is 67.1 Å². The molecule has 0 fully saturated rings. The Morgan fingerprint density at radius 2 is 1.56 bits per heavy atom. The van der Waals surface area contributed by atoms with Crippen LogP contribution in [-0.2, 0) is 27.1 Å². The lowest BCUT2D eigenvalue weighted by molar-refractivity contribution is -0.137. The molecule has 0 aliphatic heterocycles. The fraction of sp³-hybridized carbons (Fsp3) is 0.409. The largest absolute Gasteiger partial charge is 0.481 e. The average molecular weight is 405 g/mol. The van der Waals surface area contributed by atoms with Gasteiger partial charge in [0, 0.05) is 34.0 Å². The number of thioether (sulfide) groups is 1. The minimum atomic E-state index is -0.932. The maximum absolute atomic E-state index is 12.9. The Bertz CT molecular complexity index is 689. The summed E-state index contributed by atoms with van der Waals surface area (Å²) in [4.78, 5) is 10.7. The van der Waals surface area contributed by atoms with Gasteiger partial charge in [0.2, 0.25) is 0 Å². The van der Waals surface area contributed by atoms with Crippen molar-refractivity contribution < 1.29 is 14.1 Å². The highest BCUT2D eigenvalue weighted by molar-refractivity contribution is 7.98. The number of aliphatic carboxylic acids is 1. The van der Waals surface area contributed by atoms with Gasteiger partial charge in [0.15, 0.2) is 0 Å². The molecule has 2 rings (SSSR count). The standard InChI is InChI=1S/C22H28O3S2/c23-22(24)14-8-7-13-21(27(25)18-20-11-5-2-6-12-20)15-16-26-17-19-9-3-1-4-10-19/h1-6,9-12,21H,7-8,13-18H2,(H,23,24). The van der Waals surface area contributed by atoms with Crippen LogP contribution in [0.2, 0.25) is 0 Å². The zero-order valence-corrected chi connectivity index (χ0v) is 17.2. The van der Waals surface area contributed by atoms with E-state index in [4.69, 9.17) is 5.11 Å². The van der Waals surface area contributed by atoms with E-state index in [2.05, 4.69) is 24.3 Å². The Morgan fingerprint density at radius 1 is 0.926 bits per heavy atom. The van der Waals surface area contributed by atoms with Crippen LogP contribution in [-0.4, -0.2) is 26.3 Å². The van der Waals surface area contributed by atoms with E-state index in [1.165, 1.54) is 5.56 Å². The molecule has 3 nitrogen and oxygen atoms in total. The number of unbranched alkanes of at least 4 members (excludes halogenated alkanes) is 1. The predicted molar refractivity (Wildman–Crippen MR) is 115 cm³/mol. The molecule has 27 heavy (non-hydrogen) atoms. The van der Waals surface area contributed by atoms with Crippen molar-refractivity contribution in [3.63, 3.8) is 0 Å². The van der Waals surface area contributed by atoms with Crippen molar-refractivity contribution in [1.29, 1.82) is 0 Å². The molecule has 146 valence electrons. The topological polar surface area (TPSA) is 54.4 Å². The van der Waals surface area contributed by atoms with Crippen LogP contribution < -0.4 is 0 Å². The van der Waals surface area contributed by atoms with Gasteiger partial charge in [-0.15, -0.1) is 0 Å². The number of carboxylic acid groups (broad SMARTS) is 1. The van der Waals surface area contributed by atoms with Crippen LogP contribution in [0.5, 0.6) is 0 Å². The first-order valence-corrected chi connectivity index (χ1v) is 11.9. The molecule has 0 bridgehead atoms. The minimum absolute atomic E-state index is 0.127. The number of benzene rings is 2. The monoisotopic (exact) mass is 404 g/mol. The Kier molecular flexibility index (Phi) is 10.2. The lowest BCUT2D eigenvalue weighted by atomic mass is 10.1. The van der Waals surface area contributed by atoms with E-state index in [1.807, 2.05) is 48.2 Å². The lowest BCUT2D eigenvalue weighted by Gasteiger charge is -2.16. The summed E-state index contributed by atoms with van der Waals surface area (Å²) in [7, 11) is -0.932. The average Bonchev–Trinajstić information content (AvgIpc) is 2.68. The van der Waals surface area contributed by atoms with Crippen molar-refractivity contribution in [2.75, 3.05) is 5.75 Å². The molecule has 0 radical (unpaired) electrons. The van der Waals surface area contributed by atoms with Crippen LogP contribution in [0.15, 0.2) is 60.7 Å². The van der Waals surface area contributed by atoms with Gasteiger partial charge in [-0.25, -0.2) is 0 Å². The molecular weight excluding hydrogens is 376 g/mol. The van der Waals surface area contributed by atoms with Crippen molar-refractivity contribution in [1.82, 2.24) is 0 Å². The van der Waals surface area contributed by atoms with Gasteiger partial charge in [0.25, 0.3) is 0 Å². The normalized spacial score (nSPS) is 13.2. The molecule has 0 saturated carbocycles. The zero-order chi connectivity index (χ0) is 19.3. The minimum Gasteiger partial charge on any atom is -0.481 e. The first-order valence-electron chi connectivity index (χ1n) is 9.39. The quantitative estimate of drug-likeness (QED) is 0.462. The fourth-order valence-corrected chi connectivity index (χ4v) is 5.63. The molecule has 0 heterocycles. The first-order chi connectivity index (χ1) is 13.1. The summed E-state index contributed by atoms with van der Waals surface area (Å²) >= 11 is 1.87. The molecule has 0 aromatic heterocycles. The second-order valence-corrected chi connectivity index (χ2v) is 9.42. The fourth-order valence-electron chi connectivity index (χ4n) is 2.89. The number of rotatable bonds is 13. The molecule has 2 aromatic carbocycles. The van der Waals surface area contributed by atoms with Crippen LogP contribution in [0.1, 0.15) is 43.2 Å². The van der Waals surface area contributed by atoms with Gasteiger partial charge < -0.3 is 5.11 Å². The van der Waals surface area contributed by atoms with E-state index in [-0.39, 0.29) is 11.7 Å². The van der Waals surface area contributed by atoms with Crippen molar-refractivity contribution in [2.24, 2.45) is 0 Å². The maximum atomic E-state index is 12.9. The smallest absolute Gasteiger partial charge is 0.303 e. The van der Waals surface area contributed by atoms with Gasteiger partial charge in [-0.2, -0.15) is 11.8 Å². The molecule has 2 unspecified atom stereocenters. The summed E-state index contributed by atoms with van der Waals surface area (Å²) in [5.74, 6) is 1.76. The van der Waals surface area contributed by atoms with Crippen LogP contribution in [0, 0.1) is 0 Å². The first kappa shape index (κ1) is 21.7. The summed E-state index contributed by atoms with van der Waals surface area (Å²) in [6.07, 6.45) is 3.41. The molecular formula is C22H28O3S2. The molecule has 2 atom stereocenters. The van der Waals surface area contributed by atoms with Crippen molar-refractivity contribution >= 4 is 28.5 Å². The van der Waals surface area contributed by atoms with Crippen molar-refractivity contribution in [3.05, 3.63) is 71.8 Å². The van der Waals surface area contributed by atoms with Gasteiger partial charge in [0.05, 0.1) is 0 Å². The van der Waals surface area contributed by atoms with E-state index in [1.54, 1.807) is 0 Å². The summed E-state index contributed by atoms with van der Waals surface area (Å²) in [5, 5.41) is 8.93. The Morgan fingerprint density at radius 3 is 2.19 bits per heavy atom. The van der Waals surface area contributed by atoms with Crippen LogP contribution >= 0.6 is 11.8 Å². The SMILES string of the molecule is O=C(O)CCCCC(CCSCc1ccccc1)S(=O)Cc1ccccc1. The van der Waals surface area contributed by atoms with E-state index in [9.17, 15) is 9.00 Å². The van der Waals surface area contributed by atoms with E-state index >= 15 is 0 Å². The van der Waals surface area contributed by atoms with Crippen LogP contribution in [0.3, 0.4) is 0 Å². The lowest BCUT2D eigenvalue weighted by Crippen LogP contribution is -2.18. The highest BCUT2D eigenvalue weighted by atomic mass is 32.2. The number of carboxylic acids is 1. The molecule has 0 spiro atoms. The van der Waals surface area contributed by atoms with E-state index in [0.29, 0.717) is 12.2 Å². The van der Waals surface area contributed by atoms with Crippen molar-refractivity contribution in [3.8, 4) is 0 Å². The summed E-state index contributed by atoms with van der Waals surface area (Å²) in [6.45, 7) is 0. The van der Waals surface area contributed by atoms with E-state index < -0.39 is 16.8 Å². The summed E-state index contributed by atoms with van der Waals surface area (Å²) in [5.41, 5.74) is 2.41. The van der Waals surface area contributed by atoms with Crippen LogP contribution in [0.4, 0.5) is 0 Å². The number of hydrogen-bond donors (Lipinski definition) is 1. The second kappa shape index (κ2) is 12.7. The molecule has 0 aliphatic carbocycles. The maximum Gasteiger partial charge on any atom is 0.303 e. The molecule has 2 aromatic rings. The zero-order valence-electron chi connectivity index (χ0n) is 15.6. The highest BCUT2D eigenvalue weighted by Gasteiger charge is 2.17.